The maximum absolute atomic E-state index is 6.09. The molecule has 0 saturated heterocycles. The average Bonchev–Trinajstić information content (AvgIpc) is 3.11. The number of nitrogen functional groups attached to an aromatic ring is 1. The summed E-state index contributed by atoms with van der Waals surface area (Å²) >= 11 is 5.96. The zero-order chi connectivity index (χ0) is 11.8. The molecule has 2 aliphatic rings. The molecule has 0 atom stereocenters. The molecule has 2 nitrogen and oxygen atoms in total. The third-order valence-electron chi connectivity index (χ3n) is 3.68. The Morgan fingerprint density at radius 1 is 1.12 bits per heavy atom. The third-order valence-corrected chi connectivity index (χ3v) is 3.92. The Morgan fingerprint density at radius 3 is 2.18 bits per heavy atom. The minimum atomic E-state index is 0.726. The van der Waals surface area contributed by atoms with Crippen LogP contribution in [0.3, 0.4) is 0 Å². The number of anilines is 2. The van der Waals surface area contributed by atoms with Crippen molar-refractivity contribution in [2.75, 3.05) is 23.7 Å². The maximum atomic E-state index is 6.09. The maximum Gasteiger partial charge on any atom is 0.0601 e. The highest BCUT2D eigenvalue weighted by molar-refractivity contribution is 6.31. The standard InChI is InChI=1S/C14H19ClN2/c15-12-5-6-14(13(16)7-12)17(8-10-1-2-10)9-11-3-4-11/h5-7,10-11H,1-4,8-9,16H2. The first-order valence-electron chi connectivity index (χ1n) is 6.52. The summed E-state index contributed by atoms with van der Waals surface area (Å²) in [6.07, 6.45) is 5.53. The molecule has 0 heterocycles. The van der Waals surface area contributed by atoms with Crippen LogP contribution in [0.1, 0.15) is 25.7 Å². The van der Waals surface area contributed by atoms with Gasteiger partial charge in [0.05, 0.1) is 11.4 Å². The van der Waals surface area contributed by atoms with Gasteiger partial charge in [0, 0.05) is 18.1 Å². The molecule has 1 aromatic rings. The summed E-state index contributed by atoms with van der Waals surface area (Å²) in [4.78, 5) is 2.47. The second-order valence-electron chi connectivity index (χ2n) is 5.49. The van der Waals surface area contributed by atoms with Crippen molar-refractivity contribution in [2.24, 2.45) is 11.8 Å². The van der Waals surface area contributed by atoms with Gasteiger partial charge in [0.25, 0.3) is 0 Å². The number of nitrogens with two attached hydrogens (primary N) is 1. The molecular weight excluding hydrogens is 232 g/mol. The van der Waals surface area contributed by atoms with Crippen molar-refractivity contribution in [3.63, 3.8) is 0 Å². The summed E-state index contributed by atoms with van der Waals surface area (Å²) in [7, 11) is 0. The Hall–Kier alpha value is -0.890. The summed E-state index contributed by atoms with van der Waals surface area (Å²) in [6.45, 7) is 2.34. The first-order chi connectivity index (χ1) is 8.22. The predicted molar refractivity (Wildman–Crippen MR) is 73.5 cm³/mol. The zero-order valence-electron chi connectivity index (χ0n) is 10.0. The van der Waals surface area contributed by atoms with Gasteiger partial charge >= 0.3 is 0 Å². The highest BCUT2D eigenvalue weighted by Crippen LogP contribution is 2.37. The van der Waals surface area contributed by atoms with E-state index >= 15 is 0 Å². The van der Waals surface area contributed by atoms with E-state index in [0.717, 1.165) is 22.5 Å². The smallest absolute Gasteiger partial charge is 0.0601 e. The largest absolute Gasteiger partial charge is 0.397 e. The molecule has 92 valence electrons. The molecule has 0 radical (unpaired) electrons. The van der Waals surface area contributed by atoms with Crippen LogP contribution in [0.15, 0.2) is 18.2 Å². The summed E-state index contributed by atoms with van der Waals surface area (Å²) in [5.74, 6) is 1.78. The molecule has 0 aliphatic heterocycles. The van der Waals surface area contributed by atoms with Crippen LogP contribution < -0.4 is 10.6 Å². The first kappa shape index (κ1) is 11.2. The first-order valence-corrected chi connectivity index (χ1v) is 6.90. The van der Waals surface area contributed by atoms with Crippen molar-refractivity contribution in [3.8, 4) is 0 Å². The number of hydrogen-bond donors (Lipinski definition) is 1. The Kier molecular flexibility index (Phi) is 2.91. The van der Waals surface area contributed by atoms with Gasteiger partial charge in [-0.25, -0.2) is 0 Å². The molecule has 2 N–H and O–H groups in total. The molecule has 0 aromatic heterocycles. The number of hydrogen-bond acceptors (Lipinski definition) is 2. The van der Waals surface area contributed by atoms with Gasteiger partial charge in [0.1, 0.15) is 0 Å². The molecule has 0 bridgehead atoms. The second-order valence-corrected chi connectivity index (χ2v) is 5.93. The van der Waals surface area contributed by atoms with Crippen LogP contribution in [-0.2, 0) is 0 Å². The quantitative estimate of drug-likeness (QED) is 0.810. The van der Waals surface area contributed by atoms with E-state index in [1.54, 1.807) is 0 Å². The fraction of sp³-hybridized carbons (Fsp3) is 0.571. The Labute approximate surface area is 108 Å². The van der Waals surface area contributed by atoms with Crippen molar-refractivity contribution in [1.82, 2.24) is 0 Å². The van der Waals surface area contributed by atoms with E-state index < -0.39 is 0 Å². The van der Waals surface area contributed by atoms with Crippen molar-refractivity contribution >= 4 is 23.0 Å². The van der Waals surface area contributed by atoms with Gasteiger partial charge in [-0.1, -0.05) is 11.6 Å². The van der Waals surface area contributed by atoms with E-state index in [1.807, 2.05) is 12.1 Å². The Balaban J connectivity index is 1.78. The van der Waals surface area contributed by atoms with Gasteiger partial charge in [0.15, 0.2) is 0 Å². The minimum Gasteiger partial charge on any atom is -0.397 e. The number of benzene rings is 1. The lowest BCUT2D eigenvalue weighted by Crippen LogP contribution is -2.28. The van der Waals surface area contributed by atoms with Gasteiger partial charge in [0.2, 0.25) is 0 Å². The molecule has 3 rings (SSSR count). The summed E-state index contributed by atoms with van der Waals surface area (Å²) < 4.78 is 0. The van der Waals surface area contributed by atoms with Crippen LogP contribution in [0.5, 0.6) is 0 Å². The number of nitrogens with zero attached hydrogens (tertiary/aromatic N) is 1. The van der Waals surface area contributed by atoms with E-state index in [1.165, 1.54) is 44.5 Å². The van der Waals surface area contributed by atoms with Crippen LogP contribution in [0, 0.1) is 11.8 Å². The molecule has 3 heteroatoms. The van der Waals surface area contributed by atoms with E-state index in [2.05, 4.69) is 11.0 Å². The highest BCUT2D eigenvalue weighted by Gasteiger charge is 2.29. The minimum absolute atomic E-state index is 0.726. The average molecular weight is 251 g/mol. The summed E-state index contributed by atoms with van der Waals surface area (Å²) in [5.41, 5.74) is 8.08. The van der Waals surface area contributed by atoms with Crippen LogP contribution in [0.2, 0.25) is 5.02 Å². The fourth-order valence-electron chi connectivity index (χ4n) is 2.31. The van der Waals surface area contributed by atoms with Gasteiger partial charge < -0.3 is 10.6 Å². The molecule has 2 aliphatic carbocycles. The van der Waals surface area contributed by atoms with Gasteiger partial charge in [-0.2, -0.15) is 0 Å². The van der Waals surface area contributed by atoms with Gasteiger partial charge in [-0.15, -0.1) is 0 Å². The lowest BCUT2D eigenvalue weighted by Gasteiger charge is -2.26. The normalized spacial score (nSPS) is 19.4. The number of halogens is 1. The van der Waals surface area contributed by atoms with Gasteiger partial charge in [-0.05, 0) is 55.7 Å². The van der Waals surface area contributed by atoms with Crippen LogP contribution in [0.4, 0.5) is 11.4 Å². The molecule has 2 saturated carbocycles. The van der Waals surface area contributed by atoms with Crippen LogP contribution in [-0.4, -0.2) is 13.1 Å². The van der Waals surface area contributed by atoms with Crippen LogP contribution >= 0.6 is 11.6 Å². The van der Waals surface area contributed by atoms with Gasteiger partial charge in [-0.3, -0.25) is 0 Å². The Bertz CT molecular complexity index is 397. The topological polar surface area (TPSA) is 29.3 Å². The summed E-state index contributed by atoms with van der Waals surface area (Å²) in [5, 5.41) is 0.726. The molecule has 2 fully saturated rings. The molecule has 0 spiro atoms. The second kappa shape index (κ2) is 4.41. The number of rotatable bonds is 5. The van der Waals surface area contributed by atoms with E-state index in [4.69, 9.17) is 17.3 Å². The monoisotopic (exact) mass is 250 g/mol. The highest BCUT2D eigenvalue weighted by atomic mass is 35.5. The lowest BCUT2D eigenvalue weighted by atomic mass is 10.2. The van der Waals surface area contributed by atoms with E-state index in [9.17, 15) is 0 Å². The molecule has 0 unspecified atom stereocenters. The third kappa shape index (κ3) is 2.86. The Morgan fingerprint density at radius 2 is 1.71 bits per heavy atom. The van der Waals surface area contributed by atoms with Crippen molar-refractivity contribution in [2.45, 2.75) is 25.7 Å². The van der Waals surface area contributed by atoms with Crippen LogP contribution in [0.25, 0.3) is 0 Å². The van der Waals surface area contributed by atoms with Crippen molar-refractivity contribution < 1.29 is 0 Å². The molecule has 17 heavy (non-hydrogen) atoms. The van der Waals surface area contributed by atoms with Crippen molar-refractivity contribution in [3.05, 3.63) is 23.2 Å². The zero-order valence-corrected chi connectivity index (χ0v) is 10.8. The van der Waals surface area contributed by atoms with E-state index in [0.29, 0.717) is 0 Å². The SMILES string of the molecule is Nc1cc(Cl)ccc1N(CC1CC1)CC1CC1. The van der Waals surface area contributed by atoms with E-state index in [-0.39, 0.29) is 0 Å². The summed E-state index contributed by atoms with van der Waals surface area (Å²) in [6, 6.07) is 5.88. The lowest BCUT2D eigenvalue weighted by molar-refractivity contribution is 0.680. The predicted octanol–water partition coefficient (Wildman–Crippen LogP) is 3.55. The molecule has 1 aromatic carbocycles. The molecule has 0 amide bonds. The fourth-order valence-corrected chi connectivity index (χ4v) is 2.49. The molecular formula is C14H19ClN2. The van der Waals surface area contributed by atoms with Crippen molar-refractivity contribution in [1.29, 1.82) is 0 Å².